The monoisotopic (exact) mass is 430 g/mol. The Bertz CT molecular complexity index is 886. The minimum absolute atomic E-state index is 0.139. The first-order chi connectivity index (χ1) is 15.0. The lowest BCUT2D eigenvalue weighted by Gasteiger charge is -2.27. The maximum absolute atomic E-state index is 11.4. The van der Waals surface area contributed by atoms with E-state index < -0.39 is 4.92 Å². The first-order valence-electron chi connectivity index (χ1n) is 10.4. The molecule has 0 aliphatic heterocycles. The standard InChI is InChI=1S/C21H30N6O4/c1-30-17-7-8-19(31-2)16(9-17)12-24-21-25-13-18(27(28)29)20(26-21)23-11-15-5-3-14(10-22)4-6-15/h7-9,13-15H,3-6,10-12,22H2,1-2H3,(H2,23,24,25,26). The molecule has 1 heterocycles. The van der Waals surface area contributed by atoms with Gasteiger partial charge in [-0.25, -0.2) is 4.98 Å². The summed E-state index contributed by atoms with van der Waals surface area (Å²) in [5.74, 6) is 2.96. The van der Waals surface area contributed by atoms with Crippen molar-refractivity contribution in [3.63, 3.8) is 0 Å². The zero-order valence-electron chi connectivity index (χ0n) is 18.0. The van der Waals surface area contributed by atoms with Crippen LogP contribution in [0, 0.1) is 22.0 Å². The van der Waals surface area contributed by atoms with E-state index in [-0.39, 0.29) is 11.5 Å². The minimum Gasteiger partial charge on any atom is -0.497 e. The van der Waals surface area contributed by atoms with E-state index in [4.69, 9.17) is 15.2 Å². The van der Waals surface area contributed by atoms with Crippen molar-refractivity contribution in [2.24, 2.45) is 17.6 Å². The number of rotatable bonds is 10. The third kappa shape index (κ3) is 5.94. The first-order valence-corrected chi connectivity index (χ1v) is 10.4. The van der Waals surface area contributed by atoms with E-state index in [2.05, 4.69) is 20.6 Å². The van der Waals surface area contributed by atoms with Crippen molar-refractivity contribution in [3.05, 3.63) is 40.1 Å². The molecule has 1 fully saturated rings. The highest BCUT2D eigenvalue weighted by Gasteiger charge is 2.22. The predicted molar refractivity (Wildman–Crippen MR) is 119 cm³/mol. The molecule has 0 amide bonds. The maximum Gasteiger partial charge on any atom is 0.329 e. The summed E-state index contributed by atoms with van der Waals surface area (Å²) in [6.07, 6.45) is 5.56. The number of nitro groups is 1. The Kier molecular flexibility index (Phi) is 7.82. The lowest BCUT2D eigenvalue weighted by Crippen LogP contribution is -2.25. The van der Waals surface area contributed by atoms with Gasteiger partial charge in [0, 0.05) is 18.7 Å². The van der Waals surface area contributed by atoms with Gasteiger partial charge in [0.25, 0.3) is 0 Å². The summed E-state index contributed by atoms with van der Waals surface area (Å²) >= 11 is 0. The van der Waals surface area contributed by atoms with Crippen LogP contribution in [-0.2, 0) is 6.54 Å². The Morgan fingerprint density at radius 2 is 1.90 bits per heavy atom. The second-order valence-electron chi connectivity index (χ2n) is 7.72. The number of benzene rings is 1. The Balaban J connectivity index is 1.68. The molecule has 1 aliphatic rings. The van der Waals surface area contributed by atoms with Gasteiger partial charge < -0.3 is 25.8 Å². The highest BCUT2D eigenvalue weighted by atomic mass is 16.6. The van der Waals surface area contributed by atoms with Gasteiger partial charge in [-0.2, -0.15) is 4.98 Å². The van der Waals surface area contributed by atoms with E-state index in [0.717, 1.165) is 37.8 Å². The van der Waals surface area contributed by atoms with Crippen LogP contribution in [0.5, 0.6) is 11.5 Å². The lowest BCUT2D eigenvalue weighted by molar-refractivity contribution is -0.384. The van der Waals surface area contributed by atoms with Gasteiger partial charge in [0.1, 0.15) is 17.7 Å². The number of aromatic nitrogens is 2. The molecule has 0 atom stereocenters. The van der Waals surface area contributed by atoms with Crippen LogP contribution in [0.1, 0.15) is 31.2 Å². The van der Waals surface area contributed by atoms with E-state index in [1.54, 1.807) is 14.2 Å². The number of nitrogens with two attached hydrogens (primary N) is 1. The number of nitrogens with zero attached hydrogens (tertiary/aromatic N) is 3. The number of hydrogen-bond acceptors (Lipinski definition) is 9. The number of methoxy groups -OCH3 is 2. The maximum atomic E-state index is 11.4. The zero-order chi connectivity index (χ0) is 22.2. The Labute approximate surface area is 181 Å². The average molecular weight is 431 g/mol. The fourth-order valence-electron chi connectivity index (χ4n) is 3.83. The molecule has 1 aromatic carbocycles. The highest BCUT2D eigenvalue weighted by Crippen LogP contribution is 2.30. The molecule has 10 heteroatoms. The van der Waals surface area contributed by atoms with Gasteiger partial charge in [-0.1, -0.05) is 0 Å². The lowest BCUT2D eigenvalue weighted by atomic mass is 9.82. The van der Waals surface area contributed by atoms with Gasteiger partial charge in [0.2, 0.25) is 11.8 Å². The minimum atomic E-state index is -0.470. The van der Waals surface area contributed by atoms with E-state index in [1.807, 2.05) is 18.2 Å². The van der Waals surface area contributed by atoms with Crippen LogP contribution in [0.15, 0.2) is 24.4 Å². The van der Waals surface area contributed by atoms with Gasteiger partial charge in [-0.3, -0.25) is 10.1 Å². The largest absolute Gasteiger partial charge is 0.497 e. The van der Waals surface area contributed by atoms with Crippen molar-refractivity contribution in [2.75, 3.05) is 37.9 Å². The molecule has 31 heavy (non-hydrogen) atoms. The molecular weight excluding hydrogens is 400 g/mol. The molecular formula is C21H30N6O4. The molecule has 1 aromatic heterocycles. The van der Waals surface area contributed by atoms with Crippen LogP contribution < -0.4 is 25.8 Å². The molecule has 168 valence electrons. The fraction of sp³-hybridized carbons (Fsp3) is 0.524. The second-order valence-corrected chi connectivity index (χ2v) is 7.72. The van der Waals surface area contributed by atoms with E-state index in [9.17, 15) is 10.1 Å². The average Bonchev–Trinajstić information content (AvgIpc) is 2.81. The molecule has 10 nitrogen and oxygen atoms in total. The van der Waals surface area contributed by atoms with Crippen LogP contribution in [0.3, 0.4) is 0 Å². The SMILES string of the molecule is COc1ccc(OC)c(CNc2ncc([N+](=O)[O-])c(NCC3CCC(CN)CC3)n2)c1. The van der Waals surface area contributed by atoms with Crippen LogP contribution in [0.2, 0.25) is 0 Å². The van der Waals surface area contributed by atoms with Crippen molar-refractivity contribution >= 4 is 17.5 Å². The van der Waals surface area contributed by atoms with E-state index in [0.29, 0.717) is 42.4 Å². The van der Waals surface area contributed by atoms with Gasteiger partial charge in [-0.15, -0.1) is 0 Å². The molecule has 0 spiro atoms. The highest BCUT2D eigenvalue weighted by molar-refractivity contribution is 5.57. The van der Waals surface area contributed by atoms with Gasteiger partial charge >= 0.3 is 5.69 Å². The van der Waals surface area contributed by atoms with Crippen molar-refractivity contribution in [1.82, 2.24) is 9.97 Å². The van der Waals surface area contributed by atoms with Crippen molar-refractivity contribution < 1.29 is 14.4 Å². The summed E-state index contributed by atoms with van der Waals surface area (Å²) in [4.78, 5) is 19.4. The quantitative estimate of drug-likeness (QED) is 0.383. The van der Waals surface area contributed by atoms with Crippen LogP contribution in [0.4, 0.5) is 17.5 Å². The molecule has 0 saturated heterocycles. The Hall–Kier alpha value is -3.14. The van der Waals surface area contributed by atoms with Gasteiger partial charge in [0.05, 0.1) is 19.1 Å². The number of ether oxygens (including phenoxy) is 2. The first kappa shape index (κ1) is 22.5. The summed E-state index contributed by atoms with van der Waals surface area (Å²) in [5.41, 5.74) is 6.48. The molecule has 0 bridgehead atoms. The summed E-state index contributed by atoms with van der Waals surface area (Å²) < 4.78 is 10.6. The second kappa shape index (κ2) is 10.8. The summed E-state index contributed by atoms with van der Waals surface area (Å²) in [6, 6.07) is 5.49. The van der Waals surface area contributed by atoms with Crippen molar-refractivity contribution in [1.29, 1.82) is 0 Å². The molecule has 3 rings (SSSR count). The molecule has 0 radical (unpaired) electrons. The topological polar surface area (TPSA) is 137 Å². The molecule has 2 aromatic rings. The van der Waals surface area contributed by atoms with E-state index >= 15 is 0 Å². The molecule has 1 saturated carbocycles. The third-order valence-corrected chi connectivity index (χ3v) is 5.75. The molecule has 1 aliphatic carbocycles. The van der Waals surface area contributed by atoms with Crippen LogP contribution >= 0.6 is 0 Å². The smallest absolute Gasteiger partial charge is 0.329 e. The molecule has 4 N–H and O–H groups in total. The number of anilines is 2. The number of hydrogen-bond donors (Lipinski definition) is 3. The van der Waals surface area contributed by atoms with Gasteiger partial charge in [-0.05, 0) is 62.3 Å². The predicted octanol–water partition coefficient (Wildman–Crippen LogP) is 3.19. The normalized spacial score (nSPS) is 18.3. The van der Waals surface area contributed by atoms with E-state index in [1.165, 1.54) is 6.20 Å². The third-order valence-electron chi connectivity index (χ3n) is 5.75. The Morgan fingerprint density at radius 3 is 2.55 bits per heavy atom. The van der Waals surface area contributed by atoms with Crippen molar-refractivity contribution in [2.45, 2.75) is 32.2 Å². The van der Waals surface area contributed by atoms with Gasteiger partial charge in [0.15, 0.2) is 0 Å². The Morgan fingerprint density at radius 1 is 1.16 bits per heavy atom. The fourth-order valence-corrected chi connectivity index (χ4v) is 3.83. The van der Waals surface area contributed by atoms with Crippen LogP contribution in [0.25, 0.3) is 0 Å². The summed E-state index contributed by atoms with van der Waals surface area (Å²) in [5, 5.41) is 17.7. The van der Waals surface area contributed by atoms with Crippen LogP contribution in [-0.4, -0.2) is 42.2 Å². The molecule has 0 unspecified atom stereocenters. The van der Waals surface area contributed by atoms with Crippen molar-refractivity contribution in [3.8, 4) is 11.5 Å². The number of nitrogens with one attached hydrogen (secondary N) is 2. The summed E-state index contributed by atoms with van der Waals surface area (Å²) in [6.45, 7) is 1.74. The zero-order valence-corrected chi connectivity index (χ0v) is 18.0. The summed E-state index contributed by atoms with van der Waals surface area (Å²) in [7, 11) is 3.19.